The van der Waals surface area contributed by atoms with Gasteiger partial charge in [-0.15, -0.1) is 0 Å². The van der Waals surface area contributed by atoms with E-state index in [0.717, 1.165) is 12.8 Å². The Kier molecular flexibility index (Phi) is 6.32. The standard InChI is InChI=1S/C14H19N3O4/c1-2-3-7-12(14(15)19)16-13(18)9-10-5-4-6-11(8-10)17(20)21/h4-6,8,12H,2-3,7,9H2,1H3,(H2,15,19)(H,16,18)/t12-/m0/s1. The van der Waals surface area contributed by atoms with E-state index in [0.29, 0.717) is 12.0 Å². The van der Waals surface area contributed by atoms with Crippen LogP contribution in [0.2, 0.25) is 0 Å². The fourth-order valence-corrected chi connectivity index (χ4v) is 1.90. The van der Waals surface area contributed by atoms with E-state index in [1.807, 2.05) is 6.92 Å². The lowest BCUT2D eigenvalue weighted by Crippen LogP contribution is -2.44. The molecule has 1 atom stereocenters. The number of non-ortho nitro benzene ring substituents is 1. The number of nitrogens with one attached hydrogen (secondary N) is 1. The fraction of sp³-hybridized carbons (Fsp3) is 0.429. The molecule has 0 heterocycles. The van der Waals surface area contributed by atoms with Gasteiger partial charge in [0, 0.05) is 12.1 Å². The van der Waals surface area contributed by atoms with Crippen molar-refractivity contribution in [1.82, 2.24) is 5.32 Å². The summed E-state index contributed by atoms with van der Waals surface area (Å²) < 4.78 is 0. The molecule has 2 amide bonds. The quantitative estimate of drug-likeness (QED) is 0.555. The molecule has 0 unspecified atom stereocenters. The smallest absolute Gasteiger partial charge is 0.269 e. The number of primary amides is 1. The van der Waals surface area contributed by atoms with Crippen LogP contribution in [0.4, 0.5) is 5.69 Å². The molecule has 3 N–H and O–H groups in total. The molecule has 0 bridgehead atoms. The number of unbranched alkanes of at least 4 members (excludes halogenated alkanes) is 1. The van der Waals surface area contributed by atoms with Crippen LogP contribution in [0.5, 0.6) is 0 Å². The first-order valence-electron chi connectivity index (χ1n) is 6.76. The molecule has 0 aromatic heterocycles. The molecule has 114 valence electrons. The monoisotopic (exact) mass is 293 g/mol. The van der Waals surface area contributed by atoms with Gasteiger partial charge in [-0.25, -0.2) is 0 Å². The zero-order valence-electron chi connectivity index (χ0n) is 11.9. The molecule has 1 rings (SSSR count). The number of benzene rings is 1. The van der Waals surface area contributed by atoms with Crippen molar-refractivity contribution >= 4 is 17.5 Å². The molecule has 0 aliphatic heterocycles. The third kappa shape index (κ3) is 5.60. The third-order valence-electron chi connectivity index (χ3n) is 3.01. The van der Waals surface area contributed by atoms with Gasteiger partial charge in [0.25, 0.3) is 5.69 Å². The molecule has 21 heavy (non-hydrogen) atoms. The minimum Gasteiger partial charge on any atom is -0.368 e. The van der Waals surface area contributed by atoms with Gasteiger partial charge in [-0.2, -0.15) is 0 Å². The van der Waals surface area contributed by atoms with Gasteiger partial charge in [-0.05, 0) is 12.0 Å². The van der Waals surface area contributed by atoms with Crippen molar-refractivity contribution in [3.63, 3.8) is 0 Å². The van der Waals surface area contributed by atoms with E-state index in [1.54, 1.807) is 6.07 Å². The van der Waals surface area contributed by atoms with E-state index < -0.39 is 16.9 Å². The van der Waals surface area contributed by atoms with Gasteiger partial charge in [-0.3, -0.25) is 19.7 Å². The summed E-state index contributed by atoms with van der Waals surface area (Å²) in [5.41, 5.74) is 5.68. The Morgan fingerprint density at radius 1 is 1.43 bits per heavy atom. The Balaban J connectivity index is 2.65. The number of nitro benzene ring substituents is 1. The minimum absolute atomic E-state index is 0.0302. The lowest BCUT2D eigenvalue weighted by Gasteiger charge is -2.15. The average molecular weight is 293 g/mol. The summed E-state index contributed by atoms with van der Waals surface area (Å²) in [4.78, 5) is 33.3. The molecule has 7 nitrogen and oxygen atoms in total. The first kappa shape index (κ1) is 16.6. The molecule has 0 aliphatic carbocycles. The Morgan fingerprint density at radius 2 is 2.14 bits per heavy atom. The summed E-state index contributed by atoms with van der Waals surface area (Å²) >= 11 is 0. The first-order chi connectivity index (χ1) is 9.93. The molecule has 0 saturated heterocycles. The molecule has 0 saturated carbocycles. The molecule has 7 heteroatoms. The zero-order valence-corrected chi connectivity index (χ0v) is 11.9. The number of hydrogen-bond donors (Lipinski definition) is 2. The van der Waals surface area contributed by atoms with E-state index in [9.17, 15) is 19.7 Å². The number of rotatable bonds is 8. The SMILES string of the molecule is CCCC[C@H](NC(=O)Cc1cccc([N+](=O)[O-])c1)C(N)=O. The number of nitro groups is 1. The molecular weight excluding hydrogens is 274 g/mol. The molecule has 0 aliphatic rings. The molecular formula is C14H19N3O4. The second-order valence-corrected chi connectivity index (χ2v) is 4.77. The maximum Gasteiger partial charge on any atom is 0.269 e. The highest BCUT2D eigenvalue weighted by Crippen LogP contribution is 2.13. The highest BCUT2D eigenvalue weighted by Gasteiger charge is 2.18. The van der Waals surface area contributed by atoms with Crippen LogP contribution in [0.25, 0.3) is 0 Å². The Labute approximate surface area is 122 Å². The Hall–Kier alpha value is -2.44. The van der Waals surface area contributed by atoms with Crippen LogP contribution in [0.3, 0.4) is 0 Å². The number of nitrogens with zero attached hydrogens (tertiary/aromatic N) is 1. The van der Waals surface area contributed by atoms with Gasteiger partial charge in [0.15, 0.2) is 0 Å². The summed E-state index contributed by atoms with van der Waals surface area (Å²) in [6.07, 6.45) is 2.14. The maximum atomic E-state index is 11.9. The van der Waals surface area contributed by atoms with E-state index in [-0.39, 0.29) is 18.0 Å². The van der Waals surface area contributed by atoms with E-state index in [4.69, 9.17) is 5.73 Å². The topological polar surface area (TPSA) is 115 Å². The number of hydrogen-bond acceptors (Lipinski definition) is 4. The van der Waals surface area contributed by atoms with Gasteiger partial charge in [-0.1, -0.05) is 31.9 Å². The van der Waals surface area contributed by atoms with E-state index in [2.05, 4.69) is 5.32 Å². The second kappa shape index (κ2) is 7.98. The predicted molar refractivity (Wildman–Crippen MR) is 77.5 cm³/mol. The fourth-order valence-electron chi connectivity index (χ4n) is 1.90. The van der Waals surface area contributed by atoms with Crippen LogP contribution in [0.15, 0.2) is 24.3 Å². The predicted octanol–water partition coefficient (Wildman–Crippen LogP) is 1.30. The van der Waals surface area contributed by atoms with E-state index >= 15 is 0 Å². The van der Waals surface area contributed by atoms with Crippen LogP contribution in [0.1, 0.15) is 31.7 Å². The van der Waals surface area contributed by atoms with Crippen molar-refractivity contribution in [2.24, 2.45) is 5.73 Å². The van der Waals surface area contributed by atoms with Crippen molar-refractivity contribution in [2.75, 3.05) is 0 Å². The van der Waals surface area contributed by atoms with Gasteiger partial charge in [0.1, 0.15) is 6.04 Å². The zero-order chi connectivity index (χ0) is 15.8. The largest absolute Gasteiger partial charge is 0.368 e. The van der Waals surface area contributed by atoms with Crippen molar-refractivity contribution in [3.05, 3.63) is 39.9 Å². The normalized spacial score (nSPS) is 11.7. The molecule has 0 spiro atoms. The van der Waals surface area contributed by atoms with Crippen molar-refractivity contribution in [3.8, 4) is 0 Å². The Morgan fingerprint density at radius 3 is 2.71 bits per heavy atom. The molecule has 1 aromatic carbocycles. The number of carbonyl (C=O) groups excluding carboxylic acids is 2. The van der Waals surface area contributed by atoms with Gasteiger partial charge < -0.3 is 11.1 Å². The number of amides is 2. The van der Waals surface area contributed by atoms with Crippen molar-refractivity contribution in [2.45, 2.75) is 38.6 Å². The highest BCUT2D eigenvalue weighted by atomic mass is 16.6. The molecule has 1 aromatic rings. The number of carbonyl (C=O) groups is 2. The van der Waals surface area contributed by atoms with E-state index in [1.165, 1.54) is 18.2 Å². The maximum absolute atomic E-state index is 11.9. The van der Waals surface area contributed by atoms with Gasteiger partial charge >= 0.3 is 0 Å². The summed E-state index contributed by atoms with van der Waals surface area (Å²) in [6, 6.07) is 5.14. The summed E-state index contributed by atoms with van der Waals surface area (Å²) in [6.45, 7) is 1.98. The van der Waals surface area contributed by atoms with Crippen LogP contribution < -0.4 is 11.1 Å². The highest BCUT2D eigenvalue weighted by molar-refractivity contribution is 5.87. The van der Waals surface area contributed by atoms with Gasteiger partial charge in [0.05, 0.1) is 11.3 Å². The van der Waals surface area contributed by atoms with Crippen LogP contribution in [0, 0.1) is 10.1 Å². The Bertz CT molecular complexity index is 531. The second-order valence-electron chi connectivity index (χ2n) is 4.77. The van der Waals surface area contributed by atoms with Crippen LogP contribution >= 0.6 is 0 Å². The summed E-state index contributed by atoms with van der Waals surface area (Å²) in [5.74, 6) is -0.953. The van der Waals surface area contributed by atoms with Crippen LogP contribution in [-0.4, -0.2) is 22.8 Å². The molecule has 0 fully saturated rings. The molecule has 0 radical (unpaired) electrons. The summed E-state index contributed by atoms with van der Waals surface area (Å²) in [5, 5.41) is 13.2. The van der Waals surface area contributed by atoms with Crippen molar-refractivity contribution < 1.29 is 14.5 Å². The van der Waals surface area contributed by atoms with Gasteiger partial charge in [0.2, 0.25) is 11.8 Å². The average Bonchev–Trinajstić information content (AvgIpc) is 2.43. The minimum atomic E-state index is -0.698. The van der Waals surface area contributed by atoms with Crippen LogP contribution in [-0.2, 0) is 16.0 Å². The number of nitrogens with two attached hydrogens (primary N) is 1. The van der Waals surface area contributed by atoms with Crippen molar-refractivity contribution in [1.29, 1.82) is 0 Å². The first-order valence-corrected chi connectivity index (χ1v) is 6.76. The lowest BCUT2D eigenvalue weighted by atomic mass is 10.1. The third-order valence-corrected chi connectivity index (χ3v) is 3.01. The summed E-state index contributed by atoms with van der Waals surface area (Å²) in [7, 11) is 0. The lowest BCUT2D eigenvalue weighted by molar-refractivity contribution is -0.384.